The first-order valence-electron chi connectivity index (χ1n) is 4.53. The van der Waals surface area contributed by atoms with E-state index in [1.54, 1.807) is 0 Å². The number of hydrogen-bond donors (Lipinski definition) is 1. The fourth-order valence-corrected chi connectivity index (χ4v) is 1.05. The summed E-state index contributed by atoms with van der Waals surface area (Å²) in [5.74, 6) is -0.770. The molecule has 17 heavy (non-hydrogen) atoms. The van der Waals surface area contributed by atoms with Crippen LogP contribution in [0.3, 0.4) is 0 Å². The lowest BCUT2D eigenvalue weighted by molar-refractivity contribution is -0.137. The summed E-state index contributed by atoms with van der Waals surface area (Å²) in [5.41, 5.74) is 0.913. The Morgan fingerprint density at radius 2 is 2.12 bits per heavy atom. The van der Waals surface area contributed by atoms with Crippen LogP contribution >= 0.6 is 0 Å². The summed E-state index contributed by atoms with van der Waals surface area (Å²) < 4.78 is 41.6. The maximum atomic E-state index is 12.4. The molecule has 1 aromatic rings. The minimum absolute atomic E-state index is 0.143. The van der Waals surface area contributed by atoms with Gasteiger partial charge in [0.1, 0.15) is 0 Å². The van der Waals surface area contributed by atoms with E-state index >= 15 is 0 Å². The molecule has 1 rings (SSSR count). The second-order valence-electron chi connectivity index (χ2n) is 3.06. The Morgan fingerprint density at radius 3 is 2.71 bits per heavy atom. The van der Waals surface area contributed by atoms with Gasteiger partial charge in [0.15, 0.2) is 6.79 Å². The molecule has 0 aliphatic rings. The van der Waals surface area contributed by atoms with Gasteiger partial charge in [0, 0.05) is 12.7 Å². The van der Waals surface area contributed by atoms with Crippen LogP contribution in [0.25, 0.3) is 0 Å². The van der Waals surface area contributed by atoms with Crippen molar-refractivity contribution >= 4 is 5.91 Å². The van der Waals surface area contributed by atoms with Crippen molar-refractivity contribution in [2.45, 2.75) is 6.18 Å². The second kappa shape index (κ2) is 5.65. The fourth-order valence-electron chi connectivity index (χ4n) is 1.05. The average Bonchev–Trinajstić information content (AvgIpc) is 2.28. The normalized spacial score (nSPS) is 11.3. The van der Waals surface area contributed by atoms with E-state index < -0.39 is 17.6 Å². The molecular formula is C10H10F3NO3. The van der Waals surface area contributed by atoms with Gasteiger partial charge in [0.05, 0.1) is 5.56 Å². The molecule has 94 valence electrons. The first kappa shape index (κ1) is 13.5. The summed E-state index contributed by atoms with van der Waals surface area (Å²) in [7, 11) is 1.34. The molecule has 0 aliphatic carbocycles. The number of nitrogens with one attached hydrogen (secondary N) is 1. The third-order valence-electron chi connectivity index (χ3n) is 1.79. The van der Waals surface area contributed by atoms with Crippen molar-refractivity contribution in [2.75, 3.05) is 13.9 Å². The number of rotatable bonds is 4. The molecule has 0 bridgehead atoms. The Balaban J connectivity index is 2.74. The molecule has 4 nitrogen and oxygen atoms in total. The van der Waals surface area contributed by atoms with Crippen LogP contribution in [-0.4, -0.2) is 19.8 Å². The predicted octanol–water partition coefficient (Wildman–Crippen LogP) is 1.97. The lowest BCUT2D eigenvalue weighted by atomic mass is 10.1. The van der Waals surface area contributed by atoms with Crippen molar-refractivity contribution in [3.63, 3.8) is 0 Å². The summed E-state index contributed by atoms with van der Waals surface area (Å²) in [6.07, 6.45) is -4.48. The molecule has 0 fully saturated rings. The van der Waals surface area contributed by atoms with Crippen LogP contribution in [0.1, 0.15) is 15.9 Å². The lowest BCUT2D eigenvalue weighted by Crippen LogP contribution is -2.25. The summed E-state index contributed by atoms with van der Waals surface area (Å²) >= 11 is 0. The monoisotopic (exact) mass is 249 g/mol. The highest BCUT2D eigenvalue weighted by Gasteiger charge is 2.30. The minimum atomic E-state index is -4.48. The minimum Gasteiger partial charge on any atom is -0.356 e. The largest absolute Gasteiger partial charge is 0.416 e. The quantitative estimate of drug-likeness (QED) is 0.504. The number of methoxy groups -OCH3 is 1. The molecule has 0 unspecified atom stereocenters. The van der Waals surface area contributed by atoms with Gasteiger partial charge >= 0.3 is 6.18 Å². The zero-order chi connectivity index (χ0) is 12.9. The molecule has 7 heteroatoms. The SMILES string of the molecule is COCONC(=O)c1cccc(C(F)(F)F)c1. The highest BCUT2D eigenvalue weighted by molar-refractivity contribution is 5.93. The van der Waals surface area contributed by atoms with Gasteiger partial charge < -0.3 is 4.74 Å². The van der Waals surface area contributed by atoms with Gasteiger partial charge in [-0.25, -0.2) is 10.3 Å². The first-order chi connectivity index (χ1) is 7.95. The van der Waals surface area contributed by atoms with E-state index in [1.165, 1.54) is 13.2 Å². The number of amides is 1. The molecule has 1 aromatic carbocycles. The van der Waals surface area contributed by atoms with E-state index in [1.807, 2.05) is 5.48 Å². The third-order valence-corrected chi connectivity index (χ3v) is 1.79. The van der Waals surface area contributed by atoms with E-state index in [0.29, 0.717) is 0 Å². The predicted molar refractivity (Wildman–Crippen MR) is 51.9 cm³/mol. The molecular weight excluding hydrogens is 239 g/mol. The van der Waals surface area contributed by atoms with Crippen molar-refractivity contribution in [2.24, 2.45) is 0 Å². The van der Waals surface area contributed by atoms with E-state index in [9.17, 15) is 18.0 Å². The number of carbonyl (C=O) groups excluding carboxylic acids is 1. The average molecular weight is 249 g/mol. The second-order valence-corrected chi connectivity index (χ2v) is 3.06. The number of hydroxylamine groups is 1. The van der Waals surface area contributed by atoms with Gasteiger partial charge in [-0.3, -0.25) is 4.79 Å². The Bertz CT molecular complexity index is 393. The maximum absolute atomic E-state index is 12.4. The van der Waals surface area contributed by atoms with Crippen molar-refractivity contribution in [3.8, 4) is 0 Å². The van der Waals surface area contributed by atoms with Crippen LogP contribution in [-0.2, 0) is 15.8 Å². The molecule has 0 spiro atoms. The van der Waals surface area contributed by atoms with Gasteiger partial charge in [-0.1, -0.05) is 6.07 Å². The number of ether oxygens (including phenoxy) is 1. The van der Waals surface area contributed by atoms with Crippen molar-refractivity contribution in [1.82, 2.24) is 5.48 Å². The van der Waals surface area contributed by atoms with Crippen LogP contribution < -0.4 is 5.48 Å². The highest BCUT2D eigenvalue weighted by atomic mass is 19.4. The molecule has 0 aliphatic heterocycles. The first-order valence-corrected chi connectivity index (χ1v) is 4.53. The Kier molecular flexibility index (Phi) is 4.47. The summed E-state index contributed by atoms with van der Waals surface area (Å²) in [6, 6.07) is 4.02. The van der Waals surface area contributed by atoms with Crippen molar-refractivity contribution in [3.05, 3.63) is 35.4 Å². The van der Waals surface area contributed by atoms with Crippen molar-refractivity contribution < 1.29 is 27.5 Å². The highest BCUT2D eigenvalue weighted by Crippen LogP contribution is 2.29. The van der Waals surface area contributed by atoms with Gasteiger partial charge in [0.2, 0.25) is 0 Å². The number of benzene rings is 1. The number of hydrogen-bond acceptors (Lipinski definition) is 3. The van der Waals surface area contributed by atoms with E-state index in [2.05, 4.69) is 9.57 Å². The summed E-state index contributed by atoms with van der Waals surface area (Å²) in [5, 5.41) is 0. The zero-order valence-corrected chi connectivity index (χ0v) is 8.88. The fraction of sp³-hybridized carbons (Fsp3) is 0.300. The maximum Gasteiger partial charge on any atom is 0.416 e. The van der Waals surface area contributed by atoms with Crippen LogP contribution in [0, 0.1) is 0 Å². The molecule has 0 atom stereocenters. The van der Waals surface area contributed by atoms with Crippen LogP contribution in [0.4, 0.5) is 13.2 Å². The molecule has 0 saturated carbocycles. The number of alkyl halides is 3. The molecule has 0 heterocycles. The third kappa shape index (κ3) is 4.04. The smallest absolute Gasteiger partial charge is 0.356 e. The van der Waals surface area contributed by atoms with E-state index in [0.717, 1.165) is 18.2 Å². The summed E-state index contributed by atoms with van der Waals surface area (Å²) in [4.78, 5) is 15.9. The molecule has 1 N–H and O–H groups in total. The number of halogens is 3. The van der Waals surface area contributed by atoms with E-state index in [4.69, 9.17) is 0 Å². The molecule has 0 saturated heterocycles. The van der Waals surface area contributed by atoms with Gasteiger partial charge in [0.25, 0.3) is 5.91 Å². The summed E-state index contributed by atoms with van der Waals surface area (Å²) in [6.45, 7) is -0.190. The Morgan fingerprint density at radius 1 is 1.41 bits per heavy atom. The zero-order valence-electron chi connectivity index (χ0n) is 8.88. The van der Waals surface area contributed by atoms with E-state index in [-0.39, 0.29) is 12.4 Å². The molecule has 1 amide bonds. The number of carbonyl (C=O) groups is 1. The Hall–Kier alpha value is -1.60. The van der Waals surface area contributed by atoms with Crippen molar-refractivity contribution in [1.29, 1.82) is 0 Å². The van der Waals surface area contributed by atoms with Crippen LogP contribution in [0.5, 0.6) is 0 Å². The molecule has 0 radical (unpaired) electrons. The van der Waals surface area contributed by atoms with Gasteiger partial charge in [-0.2, -0.15) is 13.2 Å². The standard InChI is InChI=1S/C10H10F3NO3/c1-16-6-17-14-9(15)7-3-2-4-8(5-7)10(11,12)13/h2-5H,6H2,1H3,(H,14,15). The Labute approximate surface area is 95.3 Å². The van der Waals surface area contributed by atoms with Gasteiger partial charge in [-0.15, -0.1) is 0 Å². The van der Waals surface area contributed by atoms with Crippen LogP contribution in [0.2, 0.25) is 0 Å². The lowest BCUT2D eigenvalue weighted by Gasteiger charge is -2.08. The van der Waals surface area contributed by atoms with Crippen LogP contribution in [0.15, 0.2) is 24.3 Å². The molecule has 0 aromatic heterocycles. The topological polar surface area (TPSA) is 47.6 Å². The van der Waals surface area contributed by atoms with Gasteiger partial charge in [-0.05, 0) is 18.2 Å².